The fourth-order valence-electron chi connectivity index (χ4n) is 2.44. The molecular weight excluding hydrogens is 274 g/mol. The lowest BCUT2D eigenvalue weighted by atomic mass is 10.2. The maximum atomic E-state index is 12.6. The average molecular weight is 297 g/mol. The van der Waals surface area contributed by atoms with Gasteiger partial charge in [0.15, 0.2) is 0 Å². The smallest absolute Gasteiger partial charge is 0.243 e. The number of sulfonamides is 1. The lowest BCUT2D eigenvalue weighted by Gasteiger charge is -2.33. The van der Waals surface area contributed by atoms with Crippen LogP contribution < -0.4 is 5.73 Å². The molecule has 20 heavy (non-hydrogen) atoms. The van der Waals surface area contributed by atoms with E-state index in [1.165, 1.54) is 0 Å². The van der Waals surface area contributed by atoms with Gasteiger partial charge in [-0.25, -0.2) is 8.42 Å². The van der Waals surface area contributed by atoms with Crippen LogP contribution in [0.15, 0.2) is 23.1 Å². The molecule has 1 saturated heterocycles. The third-order valence-electron chi connectivity index (χ3n) is 3.76. The van der Waals surface area contributed by atoms with E-state index in [0.717, 1.165) is 31.6 Å². The minimum absolute atomic E-state index is 0.296. The van der Waals surface area contributed by atoms with Gasteiger partial charge in [0.2, 0.25) is 10.0 Å². The number of nitrogens with zero attached hydrogens (tertiary/aromatic N) is 2. The van der Waals surface area contributed by atoms with Gasteiger partial charge in [-0.15, -0.1) is 0 Å². The summed E-state index contributed by atoms with van der Waals surface area (Å²) in [4.78, 5) is 2.60. The number of anilines is 1. The summed E-state index contributed by atoms with van der Waals surface area (Å²) >= 11 is 0. The molecule has 0 atom stereocenters. The van der Waals surface area contributed by atoms with E-state index in [1.54, 1.807) is 22.5 Å². The Hall–Kier alpha value is -1.11. The number of aryl methyl sites for hydroxylation is 1. The Labute approximate surface area is 121 Å². The van der Waals surface area contributed by atoms with E-state index >= 15 is 0 Å². The first-order valence-electron chi connectivity index (χ1n) is 7.03. The van der Waals surface area contributed by atoms with Gasteiger partial charge in [0.1, 0.15) is 0 Å². The highest BCUT2D eigenvalue weighted by atomic mass is 32.2. The number of benzene rings is 1. The molecule has 2 N–H and O–H groups in total. The second kappa shape index (κ2) is 6.11. The van der Waals surface area contributed by atoms with Crippen LogP contribution in [0.3, 0.4) is 0 Å². The van der Waals surface area contributed by atoms with E-state index in [0.29, 0.717) is 23.7 Å². The molecule has 0 spiro atoms. The summed E-state index contributed by atoms with van der Waals surface area (Å²) in [5.74, 6) is 0. The minimum Gasteiger partial charge on any atom is -0.398 e. The third-order valence-corrected chi connectivity index (χ3v) is 5.65. The zero-order valence-electron chi connectivity index (χ0n) is 12.2. The molecule has 1 aromatic carbocycles. The Morgan fingerprint density at radius 2 is 1.85 bits per heavy atom. The summed E-state index contributed by atoms with van der Waals surface area (Å²) in [5, 5.41) is 0. The maximum absolute atomic E-state index is 12.6. The van der Waals surface area contributed by atoms with Crippen LogP contribution in [0, 0.1) is 6.92 Å². The summed E-state index contributed by atoms with van der Waals surface area (Å²) in [6.07, 6.45) is 1.10. The number of nitrogen functional groups attached to an aromatic ring is 1. The Kier molecular flexibility index (Phi) is 4.67. The molecule has 0 radical (unpaired) electrons. The Balaban J connectivity index is 2.13. The molecule has 1 aromatic rings. The summed E-state index contributed by atoms with van der Waals surface area (Å²) in [6.45, 7) is 7.74. The Bertz CT molecular complexity index is 564. The van der Waals surface area contributed by atoms with Crippen LogP contribution >= 0.6 is 0 Å². The molecule has 0 saturated carbocycles. The van der Waals surface area contributed by atoms with Gasteiger partial charge in [0.25, 0.3) is 0 Å². The molecule has 1 fully saturated rings. The molecule has 2 rings (SSSR count). The summed E-state index contributed by atoms with van der Waals surface area (Å²) < 4.78 is 26.7. The Morgan fingerprint density at radius 3 is 2.40 bits per heavy atom. The first kappa shape index (κ1) is 15.3. The molecular formula is C14H23N3O2S. The van der Waals surface area contributed by atoms with Gasteiger partial charge in [-0.3, -0.25) is 0 Å². The molecule has 0 amide bonds. The van der Waals surface area contributed by atoms with Crippen molar-refractivity contribution in [2.45, 2.75) is 25.2 Å². The van der Waals surface area contributed by atoms with Crippen LogP contribution in [-0.4, -0.2) is 50.3 Å². The topological polar surface area (TPSA) is 66.6 Å². The van der Waals surface area contributed by atoms with Gasteiger partial charge in [0.05, 0.1) is 4.90 Å². The van der Waals surface area contributed by atoms with Crippen molar-refractivity contribution >= 4 is 15.7 Å². The van der Waals surface area contributed by atoms with Crippen molar-refractivity contribution in [2.75, 3.05) is 38.5 Å². The van der Waals surface area contributed by atoms with Gasteiger partial charge in [0, 0.05) is 31.9 Å². The number of rotatable bonds is 4. The van der Waals surface area contributed by atoms with Crippen LogP contribution in [0.2, 0.25) is 0 Å². The highest BCUT2D eigenvalue weighted by Crippen LogP contribution is 2.21. The Morgan fingerprint density at radius 1 is 1.20 bits per heavy atom. The van der Waals surface area contributed by atoms with Crippen molar-refractivity contribution in [2.24, 2.45) is 0 Å². The van der Waals surface area contributed by atoms with Crippen LogP contribution in [0.1, 0.15) is 18.9 Å². The van der Waals surface area contributed by atoms with E-state index in [-0.39, 0.29) is 0 Å². The summed E-state index contributed by atoms with van der Waals surface area (Å²) in [5.41, 5.74) is 7.24. The van der Waals surface area contributed by atoms with Crippen molar-refractivity contribution in [1.82, 2.24) is 9.21 Å². The van der Waals surface area contributed by atoms with Crippen molar-refractivity contribution in [3.05, 3.63) is 23.8 Å². The molecule has 6 heteroatoms. The van der Waals surface area contributed by atoms with E-state index in [1.807, 2.05) is 6.92 Å². The maximum Gasteiger partial charge on any atom is 0.243 e. The molecule has 1 heterocycles. The molecule has 1 aliphatic rings. The normalized spacial score (nSPS) is 18.3. The van der Waals surface area contributed by atoms with E-state index in [9.17, 15) is 8.42 Å². The molecule has 5 nitrogen and oxygen atoms in total. The van der Waals surface area contributed by atoms with Gasteiger partial charge in [-0.1, -0.05) is 13.0 Å². The van der Waals surface area contributed by atoms with Crippen molar-refractivity contribution in [1.29, 1.82) is 0 Å². The van der Waals surface area contributed by atoms with Crippen LogP contribution in [-0.2, 0) is 10.0 Å². The van der Waals surface area contributed by atoms with E-state index in [4.69, 9.17) is 5.73 Å². The van der Waals surface area contributed by atoms with Gasteiger partial charge in [-0.2, -0.15) is 4.31 Å². The quantitative estimate of drug-likeness (QED) is 0.851. The minimum atomic E-state index is -3.41. The van der Waals surface area contributed by atoms with E-state index in [2.05, 4.69) is 11.8 Å². The molecule has 0 bridgehead atoms. The second-order valence-electron chi connectivity index (χ2n) is 5.26. The predicted molar refractivity (Wildman–Crippen MR) is 81.1 cm³/mol. The lowest BCUT2D eigenvalue weighted by molar-refractivity contribution is 0.188. The SMILES string of the molecule is CCCN1CCN(S(=O)(=O)c2ccc(C)c(N)c2)CC1. The zero-order valence-corrected chi connectivity index (χ0v) is 13.0. The number of hydrogen-bond donors (Lipinski definition) is 1. The average Bonchev–Trinajstić information content (AvgIpc) is 2.43. The second-order valence-corrected chi connectivity index (χ2v) is 7.20. The summed E-state index contributed by atoms with van der Waals surface area (Å²) in [6, 6.07) is 4.96. The third kappa shape index (κ3) is 3.13. The van der Waals surface area contributed by atoms with Gasteiger partial charge in [-0.05, 0) is 37.6 Å². The van der Waals surface area contributed by atoms with Gasteiger partial charge >= 0.3 is 0 Å². The van der Waals surface area contributed by atoms with Crippen molar-refractivity contribution in [3.63, 3.8) is 0 Å². The van der Waals surface area contributed by atoms with Crippen molar-refractivity contribution < 1.29 is 8.42 Å². The van der Waals surface area contributed by atoms with Crippen LogP contribution in [0.5, 0.6) is 0 Å². The largest absolute Gasteiger partial charge is 0.398 e. The molecule has 0 aromatic heterocycles. The fraction of sp³-hybridized carbons (Fsp3) is 0.571. The fourth-order valence-corrected chi connectivity index (χ4v) is 3.90. The predicted octanol–water partition coefficient (Wildman–Crippen LogP) is 1.29. The molecule has 0 unspecified atom stereocenters. The zero-order chi connectivity index (χ0) is 14.8. The molecule has 0 aliphatic carbocycles. The highest BCUT2D eigenvalue weighted by molar-refractivity contribution is 7.89. The summed E-state index contributed by atoms with van der Waals surface area (Å²) in [7, 11) is -3.41. The number of hydrogen-bond acceptors (Lipinski definition) is 4. The number of piperazine rings is 1. The van der Waals surface area contributed by atoms with Gasteiger partial charge < -0.3 is 10.6 Å². The first-order valence-corrected chi connectivity index (χ1v) is 8.48. The highest BCUT2D eigenvalue weighted by Gasteiger charge is 2.28. The molecule has 1 aliphatic heterocycles. The van der Waals surface area contributed by atoms with Crippen LogP contribution in [0.25, 0.3) is 0 Å². The first-order chi connectivity index (χ1) is 9.45. The van der Waals surface area contributed by atoms with Crippen LogP contribution in [0.4, 0.5) is 5.69 Å². The standard InChI is InChI=1S/C14H23N3O2S/c1-3-6-16-7-9-17(10-8-16)20(18,19)13-5-4-12(2)14(15)11-13/h4-5,11H,3,6-10,15H2,1-2H3. The monoisotopic (exact) mass is 297 g/mol. The lowest BCUT2D eigenvalue weighted by Crippen LogP contribution is -2.48. The van der Waals surface area contributed by atoms with E-state index < -0.39 is 10.0 Å². The number of nitrogens with two attached hydrogens (primary N) is 1. The van der Waals surface area contributed by atoms with Crippen molar-refractivity contribution in [3.8, 4) is 0 Å². The molecule has 112 valence electrons.